The van der Waals surface area contributed by atoms with Gasteiger partial charge in [0.05, 0.1) is 36.4 Å². The van der Waals surface area contributed by atoms with Gasteiger partial charge in [-0.3, -0.25) is 5.43 Å². The summed E-state index contributed by atoms with van der Waals surface area (Å²) in [5, 5.41) is 10.2. The maximum absolute atomic E-state index is 14.2. The highest BCUT2D eigenvalue weighted by molar-refractivity contribution is 5.84. The first-order valence-corrected chi connectivity index (χ1v) is 12.0. The van der Waals surface area contributed by atoms with E-state index in [0.717, 1.165) is 24.3 Å². The van der Waals surface area contributed by atoms with E-state index in [1.807, 2.05) is 0 Å². The average Bonchev–Trinajstić information content (AvgIpc) is 2.94. The zero-order chi connectivity index (χ0) is 31.2. The number of nitrogens with one attached hydrogen (secondary N) is 3. The summed E-state index contributed by atoms with van der Waals surface area (Å²) in [4.78, 5) is 8.14. The van der Waals surface area contributed by atoms with Crippen LogP contribution in [0.15, 0.2) is 76.9 Å². The van der Waals surface area contributed by atoms with Crippen molar-refractivity contribution in [1.29, 1.82) is 0 Å². The topological polar surface area (TPSA) is 95.8 Å². The third-order valence-corrected chi connectivity index (χ3v) is 5.54. The Morgan fingerprint density at radius 2 is 1.23 bits per heavy atom. The third-order valence-electron chi connectivity index (χ3n) is 5.54. The van der Waals surface area contributed by atoms with Crippen molar-refractivity contribution in [2.75, 3.05) is 23.3 Å². The van der Waals surface area contributed by atoms with Crippen molar-refractivity contribution in [2.24, 2.45) is 10.2 Å². The van der Waals surface area contributed by atoms with Crippen molar-refractivity contribution in [3.8, 4) is 5.75 Å². The van der Waals surface area contributed by atoms with Crippen LogP contribution in [0.5, 0.6) is 5.75 Å². The van der Waals surface area contributed by atoms with Crippen LogP contribution in [0.3, 0.4) is 0 Å². The van der Waals surface area contributed by atoms with Gasteiger partial charge in [-0.1, -0.05) is 24.3 Å². The normalized spacial score (nSPS) is 12.1. The zero-order valence-electron chi connectivity index (χ0n) is 21.7. The number of anilines is 4. The van der Waals surface area contributed by atoms with Crippen LogP contribution in [0.2, 0.25) is 0 Å². The Kier molecular flexibility index (Phi) is 9.06. The number of hydrazone groups is 2. The lowest BCUT2D eigenvalue weighted by atomic mass is 10.1. The summed E-state index contributed by atoms with van der Waals surface area (Å²) < 4.78 is 113. The summed E-state index contributed by atoms with van der Waals surface area (Å²) in [7, 11) is 1.42. The zero-order valence-corrected chi connectivity index (χ0v) is 21.7. The standard InChI is InChI=1S/C27H19F8N7O/c1-43-22-11-3-2-10-21(22)38-23-12-24(41-36-13-15-17(26(30,31)32)6-4-8-19(15)28)40-25(39-23)42-37-14-16-18(27(33,34)35)7-5-9-20(16)29/h2-14H,1H3,(H3,38,39,40,41,42). The number of alkyl halides is 6. The quantitative estimate of drug-likeness (QED) is 0.104. The number of nitrogens with zero attached hydrogens (tertiary/aromatic N) is 4. The molecule has 0 fully saturated rings. The molecular formula is C27H19F8N7O. The van der Waals surface area contributed by atoms with Crippen molar-refractivity contribution in [2.45, 2.75) is 12.4 Å². The molecule has 0 amide bonds. The van der Waals surface area contributed by atoms with Gasteiger partial charge in [0.1, 0.15) is 23.2 Å². The Balaban J connectivity index is 1.66. The fourth-order valence-electron chi connectivity index (χ4n) is 3.65. The van der Waals surface area contributed by atoms with Crippen molar-refractivity contribution in [1.82, 2.24) is 9.97 Å². The minimum atomic E-state index is -4.86. The molecule has 1 heterocycles. The molecule has 0 saturated heterocycles. The molecule has 224 valence electrons. The van der Waals surface area contributed by atoms with Gasteiger partial charge >= 0.3 is 12.4 Å². The Morgan fingerprint density at radius 1 is 0.698 bits per heavy atom. The molecule has 0 aliphatic heterocycles. The Morgan fingerprint density at radius 3 is 1.79 bits per heavy atom. The van der Waals surface area contributed by atoms with E-state index in [0.29, 0.717) is 36.0 Å². The molecule has 0 atom stereocenters. The van der Waals surface area contributed by atoms with E-state index in [2.05, 4.69) is 36.3 Å². The van der Waals surface area contributed by atoms with Gasteiger partial charge in [0.25, 0.3) is 0 Å². The molecule has 43 heavy (non-hydrogen) atoms. The van der Waals surface area contributed by atoms with E-state index >= 15 is 0 Å². The molecule has 0 aliphatic carbocycles. The summed E-state index contributed by atoms with van der Waals surface area (Å²) in [6.45, 7) is 0. The largest absolute Gasteiger partial charge is 0.495 e. The van der Waals surface area contributed by atoms with E-state index in [4.69, 9.17) is 4.74 Å². The van der Waals surface area contributed by atoms with Gasteiger partial charge in [-0.2, -0.15) is 46.5 Å². The highest BCUT2D eigenvalue weighted by atomic mass is 19.4. The monoisotopic (exact) mass is 609 g/mol. The number of halogens is 8. The molecule has 16 heteroatoms. The van der Waals surface area contributed by atoms with Gasteiger partial charge in [-0.05, 0) is 36.4 Å². The van der Waals surface area contributed by atoms with Crippen LogP contribution < -0.4 is 20.9 Å². The van der Waals surface area contributed by atoms with Gasteiger partial charge in [0.2, 0.25) is 5.95 Å². The fraction of sp³-hybridized carbons (Fsp3) is 0.111. The lowest BCUT2D eigenvalue weighted by Gasteiger charge is -2.13. The highest BCUT2D eigenvalue weighted by Gasteiger charge is 2.35. The van der Waals surface area contributed by atoms with E-state index in [-0.39, 0.29) is 17.6 Å². The molecule has 0 aliphatic rings. The second-order valence-corrected chi connectivity index (χ2v) is 8.42. The molecular weight excluding hydrogens is 590 g/mol. The average molecular weight is 609 g/mol. The minimum absolute atomic E-state index is 0.0404. The number of benzene rings is 3. The van der Waals surface area contributed by atoms with Gasteiger partial charge in [-0.15, -0.1) is 0 Å². The number of hydrogen-bond acceptors (Lipinski definition) is 8. The van der Waals surface area contributed by atoms with Crippen molar-refractivity contribution < 1.29 is 39.9 Å². The number of para-hydroxylation sites is 2. The minimum Gasteiger partial charge on any atom is -0.495 e. The molecule has 0 bridgehead atoms. The molecule has 4 aromatic rings. The summed E-state index contributed by atoms with van der Waals surface area (Å²) in [6.07, 6.45) is -8.53. The maximum atomic E-state index is 14.2. The first-order chi connectivity index (χ1) is 20.4. The number of aromatic nitrogens is 2. The molecule has 0 radical (unpaired) electrons. The van der Waals surface area contributed by atoms with Crippen LogP contribution >= 0.6 is 0 Å². The first kappa shape index (κ1) is 30.7. The third kappa shape index (κ3) is 7.72. The smallest absolute Gasteiger partial charge is 0.417 e. The van der Waals surface area contributed by atoms with Gasteiger partial charge in [-0.25, -0.2) is 14.2 Å². The van der Waals surface area contributed by atoms with Crippen LogP contribution in [-0.4, -0.2) is 29.5 Å². The first-order valence-electron chi connectivity index (χ1n) is 12.0. The van der Waals surface area contributed by atoms with Crippen molar-refractivity contribution in [3.05, 3.63) is 101 Å². The van der Waals surface area contributed by atoms with Crippen LogP contribution in [0.1, 0.15) is 22.3 Å². The lowest BCUT2D eigenvalue weighted by Crippen LogP contribution is -2.11. The number of methoxy groups -OCH3 is 1. The Hall–Kier alpha value is -5.28. The Bertz CT molecular complexity index is 1560. The van der Waals surface area contributed by atoms with E-state index in [1.165, 1.54) is 13.2 Å². The fourth-order valence-corrected chi connectivity index (χ4v) is 3.65. The van der Waals surface area contributed by atoms with Gasteiger partial charge in [0, 0.05) is 17.2 Å². The summed E-state index contributed by atoms with van der Waals surface area (Å²) in [6, 6.07) is 12.7. The number of ether oxygens (including phenoxy) is 1. The predicted octanol–water partition coefficient (Wildman–Crippen LogP) is 7.44. The molecule has 8 nitrogen and oxygen atoms in total. The van der Waals surface area contributed by atoms with E-state index in [9.17, 15) is 35.1 Å². The predicted molar refractivity (Wildman–Crippen MR) is 144 cm³/mol. The van der Waals surface area contributed by atoms with Crippen LogP contribution in [-0.2, 0) is 12.4 Å². The van der Waals surface area contributed by atoms with Gasteiger partial charge in [0.15, 0.2) is 5.82 Å². The summed E-state index contributed by atoms with van der Waals surface area (Å²) in [5.74, 6) is -2.42. The van der Waals surface area contributed by atoms with E-state index in [1.54, 1.807) is 24.3 Å². The molecule has 0 spiro atoms. The number of rotatable bonds is 9. The highest BCUT2D eigenvalue weighted by Crippen LogP contribution is 2.33. The molecule has 4 rings (SSSR count). The van der Waals surface area contributed by atoms with Crippen LogP contribution in [0.4, 0.5) is 58.4 Å². The molecule has 0 unspecified atom stereocenters. The van der Waals surface area contributed by atoms with E-state index < -0.39 is 46.2 Å². The van der Waals surface area contributed by atoms with Crippen molar-refractivity contribution >= 4 is 35.7 Å². The lowest BCUT2D eigenvalue weighted by molar-refractivity contribution is -0.138. The molecule has 3 N–H and O–H groups in total. The maximum Gasteiger partial charge on any atom is 0.417 e. The van der Waals surface area contributed by atoms with Crippen LogP contribution in [0.25, 0.3) is 0 Å². The molecule has 1 aromatic heterocycles. The van der Waals surface area contributed by atoms with Crippen molar-refractivity contribution in [3.63, 3.8) is 0 Å². The second kappa shape index (κ2) is 12.7. The van der Waals surface area contributed by atoms with Crippen LogP contribution in [0, 0.1) is 11.6 Å². The number of hydrogen-bond donors (Lipinski definition) is 3. The summed E-state index contributed by atoms with van der Waals surface area (Å²) >= 11 is 0. The Labute approximate surface area is 238 Å². The molecule has 0 saturated carbocycles. The van der Waals surface area contributed by atoms with Gasteiger partial charge < -0.3 is 10.1 Å². The molecule has 3 aromatic carbocycles. The second-order valence-electron chi connectivity index (χ2n) is 8.42. The summed E-state index contributed by atoms with van der Waals surface area (Å²) in [5.41, 5.74) is 0.845. The SMILES string of the molecule is COc1ccccc1Nc1cc(NN=Cc2c(F)cccc2C(F)(F)F)nc(NN=Cc2c(F)cccc2C(F)(F)F)n1.